The summed E-state index contributed by atoms with van der Waals surface area (Å²) in [4.78, 5) is 10.9. The van der Waals surface area contributed by atoms with Crippen molar-refractivity contribution >= 4 is 22.8 Å². The van der Waals surface area contributed by atoms with Crippen LogP contribution in [-0.4, -0.2) is 31.6 Å². The summed E-state index contributed by atoms with van der Waals surface area (Å²) in [5, 5.41) is 10.8. The number of methoxy groups -OCH3 is 1. The topological polar surface area (TPSA) is 65.0 Å². The van der Waals surface area contributed by atoms with Crippen LogP contribution in [0.2, 0.25) is 0 Å². The molecule has 0 radical (unpaired) electrons. The second kappa shape index (κ2) is 8.36. The number of rotatable bonds is 8. The van der Waals surface area contributed by atoms with Gasteiger partial charge in [0.25, 0.3) is 0 Å². The number of carboxylic acids is 1. The van der Waals surface area contributed by atoms with Crippen LogP contribution in [0, 0.1) is 0 Å². The lowest BCUT2D eigenvalue weighted by atomic mass is 9.97. The number of hydrogen-bond donors (Lipinski definition) is 1. The number of ether oxygens (including phenoxy) is 3. The van der Waals surface area contributed by atoms with Crippen LogP contribution in [0.4, 0.5) is 0 Å². The highest BCUT2D eigenvalue weighted by Gasteiger charge is 2.16. The average Bonchev–Trinajstić information content (AvgIpc) is 2.58. The second-order valence-electron chi connectivity index (χ2n) is 5.14. The Morgan fingerprint density at radius 2 is 2.04 bits per heavy atom. The standard InChI is InChI=1S/C19H22O5/c1-4-13-7-6-8-15-14(9-10-17(20)21)11-16(23-5-2)19(18(13)15)24-12-22-3/h6-11H,4-5,12H2,1-3H3,(H,20,21)/b10-9-. The highest BCUT2D eigenvalue weighted by molar-refractivity contribution is 6.00. The van der Waals surface area contributed by atoms with Crippen molar-refractivity contribution in [3.8, 4) is 11.5 Å². The van der Waals surface area contributed by atoms with Gasteiger partial charge in [0.1, 0.15) is 0 Å². The fourth-order valence-electron chi connectivity index (χ4n) is 2.63. The van der Waals surface area contributed by atoms with Crippen LogP contribution >= 0.6 is 0 Å². The Labute approximate surface area is 141 Å². The molecule has 1 N–H and O–H groups in total. The summed E-state index contributed by atoms with van der Waals surface area (Å²) in [6, 6.07) is 7.74. The largest absolute Gasteiger partial charge is 0.490 e. The summed E-state index contributed by atoms with van der Waals surface area (Å²) in [6.07, 6.45) is 3.52. The number of fused-ring (bicyclic) bond motifs is 1. The van der Waals surface area contributed by atoms with Gasteiger partial charge in [-0.2, -0.15) is 0 Å². The molecule has 0 aliphatic heterocycles. The van der Waals surface area contributed by atoms with E-state index in [9.17, 15) is 4.79 Å². The highest BCUT2D eigenvalue weighted by atomic mass is 16.7. The van der Waals surface area contributed by atoms with Crippen molar-refractivity contribution in [3.05, 3.63) is 41.5 Å². The van der Waals surface area contributed by atoms with Crippen molar-refractivity contribution in [2.45, 2.75) is 20.3 Å². The Morgan fingerprint density at radius 1 is 1.25 bits per heavy atom. The van der Waals surface area contributed by atoms with Crippen LogP contribution in [0.25, 0.3) is 16.8 Å². The molecule has 2 aromatic rings. The molecule has 0 saturated carbocycles. The van der Waals surface area contributed by atoms with Gasteiger partial charge >= 0.3 is 5.97 Å². The van der Waals surface area contributed by atoms with Crippen molar-refractivity contribution in [2.75, 3.05) is 20.5 Å². The van der Waals surface area contributed by atoms with Crippen molar-refractivity contribution in [1.29, 1.82) is 0 Å². The van der Waals surface area contributed by atoms with Gasteiger partial charge in [0.15, 0.2) is 18.3 Å². The first kappa shape index (κ1) is 17.8. The predicted octanol–water partition coefficient (Wildman–Crippen LogP) is 3.88. The van der Waals surface area contributed by atoms with Gasteiger partial charge in [-0.15, -0.1) is 0 Å². The van der Waals surface area contributed by atoms with Gasteiger partial charge in [-0.3, -0.25) is 0 Å². The molecule has 0 unspecified atom stereocenters. The molecule has 5 heteroatoms. The maximum Gasteiger partial charge on any atom is 0.328 e. The molecule has 24 heavy (non-hydrogen) atoms. The molecule has 0 fully saturated rings. The normalized spacial score (nSPS) is 11.1. The molecular formula is C19H22O5. The number of carbonyl (C=O) groups is 1. The monoisotopic (exact) mass is 330 g/mol. The molecule has 0 heterocycles. The molecule has 0 saturated heterocycles. The van der Waals surface area contributed by atoms with Gasteiger partial charge < -0.3 is 19.3 Å². The number of aliphatic carboxylic acids is 1. The van der Waals surface area contributed by atoms with Crippen LogP contribution in [0.15, 0.2) is 30.3 Å². The lowest BCUT2D eigenvalue weighted by molar-refractivity contribution is -0.131. The van der Waals surface area contributed by atoms with Crippen LogP contribution in [0.3, 0.4) is 0 Å². The molecule has 128 valence electrons. The van der Waals surface area contributed by atoms with Gasteiger partial charge in [0, 0.05) is 18.6 Å². The molecule has 2 rings (SSSR count). The van der Waals surface area contributed by atoms with E-state index in [-0.39, 0.29) is 6.79 Å². The molecule has 5 nitrogen and oxygen atoms in total. The Hall–Kier alpha value is -2.53. The van der Waals surface area contributed by atoms with E-state index in [1.165, 1.54) is 0 Å². The lowest BCUT2D eigenvalue weighted by Crippen LogP contribution is -2.04. The molecule has 0 amide bonds. The zero-order valence-electron chi connectivity index (χ0n) is 14.2. The van der Waals surface area contributed by atoms with Gasteiger partial charge in [-0.05, 0) is 42.0 Å². The maximum atomic E-state index is 10.9. The minimum absolute atomic E-state index is 0.109. The van der Waals surface area contributed by atoms with Crippen LogP contribution in [0.5, 0.6) is 11.5 Å². The summed E-state index contributed by atoms with van der Waals surface area (Å²) in [5.41, 5.74) is 1.88. The first-order chi connectivity index (χ1) is 11.6. The van der Waals surface area contributed by atoms with E-state index in [1.54, 1.807) is 19.3 Å². The maximum absolute atomic E-state index is 10.9. The summed E-state index contributed by atoms with van der Waals surface area (Å²) < 4.78 is 16.6. The minimum Gasteiger partial charge on any atom is -0.490 e. The Morgan fingerprint density at radius 3 is 2.67 bits per heavy atom. The third kappa shape index (κ3) is 3.86. The quantitative estimate of drug-likeness (QED) is 0.588. The van der Waals surface area contributed by atoms with Gasteiger partial charge in [0.2, 0.25) is 0 Å². The molecule has 0 aromatic heterocycles. The molecule has 0 bridgehead atoms. The zero-order valence-corrected chi connectivity index (χ0v) is 14.2. The summed E-state index contributed by atoms with van der Waals surface area (Å²) >= 11 is 0. The van der Waals surface area contributed by atoms with Crippen molar-refractivity contribution in [2.24, 2.45) is 0 Å². The molecule has 0 spiro atoms. The van der Waals surface area contributed by atoms with E-state index in [4.69, 9.17) is 19.3 Å². The molecule has 0 atom stereocenters. The minimum atomic E-state index is -0.993. The van der Waals surface area contributed by atoms with Gasteiger partial charge in [0.05, 0.1) is 6.61 Å². The van der Waals surface area contributed by atoms with Crippen molar-refractivity contribution in [3.63, 3.8) is 0 Å². The number of aryl methyl sites for hydroxylation is 1. The van der Waals surface area contributed by atoms with E-state index >= 15 is 0 Å². The van der Waals surface area contributed by atoms with Crippen LogP contribution < -0.4 is 9.47 Å². The summed E-state index contributed by atoms with van der Waals surface area (Å²) in [7, 11) is 1.56. The average molecular weight is 330 g/mol. The van der Waals surface area contributed by atoms with E-state index < -0.39 is 5.97 Å². The van der Waals surface area contributed by atoms with Crippen LogP contribution in [0.1, 0.15) is 25.0 Å². The second-order valence-corrected chi connectivity index (χ2v) is 5.14. The zero-order chi connectivity index (χ0) is 17.5. The Balaban J connectivity index is 2.77. The van der Waals surface area contributed by atoms with Crippen LogP contribution in [-0.2, 0) is 16.0 Å². The number of hydrogen-bond acceptors (Lipinski definition) is 4. The predicted molar refractivity (Wildman–Crippen MR) is 93.7 cm³/mol. The third-order valence-corrected chi connectivity index (χ3v) is 3.61. The number of benzene rings is 2. The molecule has 2 aromatic carbocycles. The highest BCUT2D eigenvalue weighted by Crippen LogP contribution is 2.41. The van der Waals surface area contributed by atoms with Crippen molar-refractivity contribution < 1.29 is 24.1 Å². The number of carboxylic acid groups (broad SMARTS) is 1. The van der Waals surface area contributed by atoms with Gasteiger partial charge in [-0.1, -0.05) is 25.1 Å². The Kier molecular flexibility index (Phi) is 6.21. The SMILES string of the molecule is CCOc1cc(/C=C\C(=O)O)c2cccc(CC)c2c1OCOC. The molecule has 0 aliphatic rings. The molecular weight excluding hydrogens is 308 g/mol. The van der Waals surface area contributed by atoms with E-state index in [2.05, 4.69) is 6.92 Å². The van der Waals surface area contributed by atoms with Gasteiger partial charge in [-0.25, -0.2) is 4.79 Å². The third-order valence-electron chi connectivity index (χ3n) is 3.61. The molecule has 0 aliphatic carbocycles. The first-order valence-corrected chi connectivity index (χ1v) is 7.86. The summed E-state index contributed by atoms with van der Waals surface area (Å²) in [5.74, 6) is 0.207. The Bertz CT molecular complexity index is 749. The first-order valence-electron chi connectivity index (χ1n) is 7.86. The smallest absolute Gasteiger partial charge is 0.328 e. The van der Waals surface area contributed by atoms with E-state index in [0.29, 0.717) is 18.1 Å². The van der Waals surface area contributed by atoms with E-state index in [1.807, 2.05) is 25.1 Å². The lowest BCUT2D eigenvalue weighted by Gasteiger charge is -2.18. The fraction of sp³-hybridized carbons (Fsp3) is 0.316. The van der Waals surface area contributed by atoms with Crippen molar-refractivity contribution in [1.82, 2.24) is 0 Å². The van der Waals surface area contributed by atoms with E-state index in [0.717, 1.165) is 34.4 Å². The summed E-state index contributed by atoms with van der Waals surface area (Å²) in [6.45, 7) is 4.54. The fourth-order valence-corrected chi connectivity index (χ4v) is 2.63.